The molecule has 0 saturated heterocycles. The zero-order valence-corrected chi connectivity index (χ0v) is 11.5. The molecule has 0 aliphatic carbocycles. The van der Waals surface area contributed by atoms with Crippen molar-refractivity contribution >= 4 is 11.9 Å². The molecule has 0 fully saturated rings. The average molecular weight is 283 g/mol. The number of rotatable bonds is 7. The van der Waals surface area contributed by atoms with E-state index in [9.17, 15) is 14.0 Å². The number of para-hydroxylation sites is 1. The van der Waals surface area contributed by atoms with E-state index in [1.54, 1.807) is 19.9 Å². The normalized spacial score (nSPS) is 11.8. The van der Waals surface area contributed by atoms with Crippen LogP contribution < -0.4 is 4.74 Å². The van der Waals surface area contributed by atoms with Crippen LogP contribution in [0.1, 0.15) is 20.3 Å². The molecular weight excluding hydrogens is 265 g/mol. The van der Waals surface area contributed by atoms with Crippen molar-refractivity contribution in [3.63, 3.8) is 0 Å². The first-order valence-corrected chi connectivity index (χ1v) is 6.41. The number of carboxylic acid groups (broad SMARTS) is 1. The average Bonchev–Trinajstić information content (AvgIpc) is 2.43. The maximum Gasteiger partial charge on any atom is 0.323 e. The molecule has 110 valence electrons. The molecule has 1 amide bonds. The van der Waals surface area contributed by atoms with Gasteiger partial charge in [0.05, 0.1) is 0 Å². The van der Waals surface area contributed by atoms with Gasteiger partial charge in [0.2, 0.25) is 0 Å². The van der Waals surface area contributed by atoms with Crippen molar-refractivity contribution < 1.29 is 23.8 Å². The zero-order chi connectivity index (χ0) is 15.1. The molecule has 20 heavy (non-hydrogen) atoms. The molecule has 6 heteroatoms. The number of likely N-dealkylation sites (N-methyl/N-ethyl adjacent to an activating group) is 1. The minimum atomic E-state index is -1.10. The number of ether oxygens (including phenoxy) is 1. The molecule has 0 spiro atoms. The van der Waals surface area contributed by atoms with Crippen LogP contribution in [0.3, 0.4) is 0 Å². The van der Waals surface area contributed by atoms with Crippen molar-refractivity contribution in [2.75, 3.05) is 13.1 Å². The van der Waals surface area contributed by atoms with Gasteiger partial charge < -0.3 is 14.7 Å². The fourth-order valence-electron chi connectivity index (χ4n) is 1.71. The second-order valence-electron chi connectivity index (χ2n) is 4.19. The molecule has 0 aromatic heterocycles. The minimum Gasteiger partial charge on any atom is -0.480 e. The fraction of sp³-hybridized carbons (Fsp3) is 0.429. The van der Waals surface area contributed by atoms with Gasteiger partial charge in [0.25, 0.3) is 5.91 Å². The molecule has 0 saturated carbocycles. The molecular formula is C14H18FNO4. The number of hydrogen-bond donors (Lipinski definition) is 1. The first-order chi connectivity index (χ1) is 9.49. The van der Waals surface area contributed by atoms with Crippen LogP contribution in [0.2, 0.25) is 0 Å². The van der Waals surface area contributed by atoms with Gasteiger partial charge in [-0.05, 0) is 25.5 Å². The number of benzene rings is 1. The Morgan fingerprint density at radius 3 is 2.50 bits per heavy atom. The predicted molar refractivity (Wildman–Crippen MR) is 71.0 cm³/mol. The van der Waals surface area contributed by atoms with E-state index in [1.807, 2.05) is 0 Å². The third-order valence-corrected chi connectivity index (χ3v) is 2.77. The van der Waals surface area contributed by atoms with E-state index in [2.05, 4.69) is 0 Å². The standard InChI is InChI=1S/C14H18FNO4/c1-3-11(14(19)16(4-2)9-13(17)18)20-12-8-6-5-7-10(12)15/h5-8,11H,3-4,9H2,1-2H3,(H,17,18). The van der Waals surface area contributed by atoms with Gasteiger partial charge in [-0.25, -0.2) is 4.39 Å². The third-order valence-electron chi connectivity index (χ3n) is 2.77. The maximum absolute atomic E-state index is 13.5. The summed E-state index contributed by atoms with van der Waals surface area (Å²) in [5.41, 5.74) is 0. The highest BCUT2D eigenvalue weighted by atomic mass is 19.1. The summed E-state index contributed by atoms with van der Waals surface area (Å²) in [4.78, 5) is 24.0. The van der Waals surface area contributed by atoms with Crippen LogP contribution in [-0.2, 0) is 9.59 Å². The number of carboxylic acids is 1. The highest BCUT2D eigenvalue weighted by molar-refractivity contribution is 5.84. The topological polar surface area (TPSA) is 66.8 Å². The van der Waals surface area contributed by atoms with Gasteiger partial charge in [-0.1, -0.05) is 19.1 Å². The number of halogens is 1. The lowest BCUT2D eigenvalue weighted by atomic mass is 10.2. The Kier molecular flexibility index (Phi) is 5.96. The second-order valence-corrected chi connectivity index (χ2v) is 4.19. The molecule has 0 bridgehead atoms. The minimum absolute atomic E-state index is 0.0147. The fourth-order valence-corrected chi connectivity index (χ4v) is 1.71. The SMILES string of the molecule is CCC(Oc1ccccc1F)C(=O)N(CC)CC(=O)O. The van der Waals surface area contributed by atoms with Crippen molar-refractivity contribution in [2.24, 2.45) is 0 Å². The van der Waals surface area contributed by atoms with Crippen molar-refractivity contribution in [1.29, 1.82) is 0 Å². The second kappa shape index (κ2) is 7.47. The molecule has 1 aromatic rings. The molecule has 1 atom stereocenters. The summed E-state index contributed by atoms with van der Waals surface area (Å²) in [5.74, 6) is -2.12. The van der Waals surface area contributed by atoms with E-state index in [4.69, 9.17) is 9.84 Å². The predicted octanol–water partition coefficient (Wildman–Crippen LogP) is 1.92. The van der Waals surface area contributed by atoms with Gasteiger partial charge in [0, 0.05) is 6.54 Å². The summed E-state index contributed by atoms with van der Waals surface area (Å²) in [5, 5.41) is 8.76. The third kappa shape index (κ3) is 4.22. The molecule has 1 N–H and O–H groups in total. The van der Waals surface area contributed by atoms with Crippen molar-refractivity contribution in [1.82, 2.24) is 4.90 Å². The van der Waals surface area contributed by atoms with Crippen LogP contribution in [-0.4, -0.2) is 41.1 Å². The van der Waals surface area contributed by atoms with E-state index in [0.29, 0.717) is 6.42 Å². The number of amides is 1. The summed E-state index contributed by atoms with van der Waals surface area (Å²) in [6.45, 7) is 3.25. The number of carbonyl (C=O) groups excluding carboxylic acids is 1. The first-order valence-electron chi connectivity index (χ1n) is 6.41. The number of nitrogens with zero attached hydrogens (tertiary/aromatic N) is 1. The smallest absolute Gasteiger partial charge is 0.323 e. The van der Waals surface area contributed by atoms with Crippen LogP contribution in [0.15, 0.2) is 24.3 Å². The Morgan fingerprint density at radius 2 is 2.00 bits per heavy atom. The van der Waals surface area contributed by atoms with E-state index < -0.39 is 30.3 Å². The molecule has 0 aliphatic rings. The number of aliphatic carboxylic acids is 1. The Morgan fingerprint density at radius 1 is 1.35 bits per heavy atom. The van der Waals surface area contributed by atoms with E-state index in [-0.39, 0.29) is 12.3 Å². The largest absolute Gasteiger partial charge is 0.480 e. The lowest BCUT2D eigenvalue weighted by Gasteiger charge is -2.24. The number of carbonyl (C=O) groups is 2. The first kappa shape index (κ1) is 15.9. The van der Waals surface area contributed by atoms with Crippen LogP contribution in [0.4, 0.5) is 4.39 Å². The Bertz CT molecular complexity index is 478. The quantitative estimate of drug-likeness (QED) is 0.830. The number of hydrogen-bond acceptors (Lipinski definition) is 3. The summed E-state index contributed by atoms with van der Waals surface area (Å²) in [7, 11) is 0. The highest BCUT2D eigenvalue weighted by Gasteiger charge is 2.25. The van der Waals surface area contributed by atoms with E-state index >= 15 is 0 Å². The molecule has 1 unspecified atom stereocenters. The van der Waals surface area contributed by atoms with E-state index in [1.165, 1.54) is 18.2 Å². The van der Waals surface area contributed by atoms with Crippen molar-refractivity contribution in [2.45, 2.75) is 26.4 Å². The molecule has 1 aromatic carbocycles. The van der Waals surface area contributed by atoms with Gasteiger partial charge >= 0.3 is 5.97 Å². The Labute approximate surface area is 117 Å². The molecule has 0 heterocycles. The molecule has 5 nitrogen and oxygen atoms in total. The van der Waals surface area contributed by atoms with Gasteiger partial charge in [0.15, 0.2) is 17.7 Å². The molecule has 0 aliphatic heterocycles. The van der Waals surface area contributed by atoms with E-state index in [0.717, 1.165) is 4.90 Å². The Balaban J connectivity index is 2.82. The van der Waals surface area contributed by atoms with Crippen molar-refractivity contribution in [3.05, 3.63) is 30.1 Å². The molecule has 1 rings (SSSR count). The van der Waals surface area contributed by atoms with Crippen molar-refractivity contribution in [3.8, 4) is 5.75 Å². The lowest BCUT2D eigenvalue weighted by molar-refractivity contribution is -0.147. The van der Waals surface area contributed by atoms with Crippen LogP contribution in [0.25, 0.3) is 0 Å². The van der Waals surface area contributed by atoms with Crippen LogP contribution in [0.5, 0.6) is 5.75 Å². The summed E-state index contributed by atoms with van der Waals surface area (Å²) >= 11 is 0. The summed E-state index contributed by atoms with van der Waals surface area (Å²) in [6, 6.07) is 5.79. The molecule has 0 radical (unpaired) electrons. The van der Waals surface area contributed by atoms with Gasteiger partial charge in [-0.2, -0.15) is 0 Å². The van der Waals surface area contributed by atoms with Crippen LogP contribution in [0, 0.1) is 5.82 Å². The van der Waals surface area contributed by atoms with Crippen LogP contribution >= 0.6 is 0 Å². The van der Waals surface area contributed by atoms with Gasteiger partial charge in [0.1, 0.15) is 6.54 Å². The lowest BCUT2D eigenvalue weighted by Crippen LogP contribution is -2.44. The summed E-state index contributed by atoms with van der Waals surface area (Å²) < 4.78 is 18.9. The monoisotopic (exact) mass is 283 g/mol. The van der Waals surface area contributed by atoms with Gasteiger partial charge in [-0.3, -0.25) is 9.59 Å². The Hall–Kier alpha value is -2.11. The highest BCUT2D eigenvalue weighted by Crippen LogP contribution is 2.19. The van der Waals surface area contributed by atoms with Gasteiger partial charge in [-0.15, -0.1) is 0 Å². The maximum atomic E-state index is 13.5. The summed E-state index contributed by atoms with van der Waals surface area (Å²) in [6.07, 6.45) is -0.574. The zero-order valence-electron chi connectivity index (χ0n) is 11.5.